The lowest BCUT2D eigenvalue weighted by Gasteiger charge is -2.25. The summed E-state index contributed by atoms with van der Waals surface area (Å²) in [5.41, 5.74) is 3.46. The number of hydrogen-bond donors (Lipinski definition) is 1. The van der Waals surface area contributed by atoms with E-state index in [1.165, 1.54) is 17.6 Å². The molecule has 0 aromatic heterocycles. The Kier molecular flexibility index (Phi) is 7.68. The molecule has 1 amide bonds. The maximum absolute atomic E-state index is 13.0. The first kappa shape index (κ1) is 24.7. The minimum absolute atomic E-state index is 0.0572. The SMILES string of the molecule is COCCN1C(=O)C(=O)/C(=C(\O)c2ccc(Br)cc2)C1c1ccc(OCc2ccc(C)cc2)cc1. The topological polar surface area (TPSA) is 76.1 Å². The van der Waals surface area contributed by atoms with E-state index in [-0.39, 0.29) is 24.5 Å². The minimum Gasteiger partial charge on any atom is -0.507 e. The van der Waals surface area contributed by atoms with Gasteiger partial charge in [0.05, 0.1) is 18.2 Å². The van der Waals surface area contributed by atoms with Gasteiger partial charge in [-0.25, -0.2) is 0 Å². The molecule has 0 bridgehead atoms. The number of hydrogen-bond acceptors (Lipinski definition) is 5. The van der Waals surface area contributed by atoms with Crippen LogP contribution >= 0.6 is 15.9 Å². The average Bonchev–Trinajstić information content (AvgIpc) is 3.12. The molecule has 0 radical (unpaired) electrons. The minimum atomic E-state index is -0.736. The molecule has 0 aliphatic carbocycles. The highest BCUT2D eigenvalue weighted by molar-refractivity contribution is 9.10. The maximum atomic E-state index is 13.0. The lowest BCUT2D eigenvalue weighted by Crippen LogP contribution is -2.32. The van der Waals surface area contributed by atoms with Crippen LogP contribution in [0.25, 0.3) is 5.76 Å². The van der Waals surface area contributed by atoms with Gasteiger partial charge in [-0.1, -0.05) is 70.0 Å². The molecule has 3 aromatic rings. The summed E-state index contributed by atoms with van der Waals surface area (Å²) < 4.78 is 11.9. The number of aliphatic hydroxyl groups excluding tert-OH is 1. The summed E-state index contributed by atoms with van der Waals surface area (Å²) in [7, 11) is 1.54. The summed E-state index contributed by atoms with van der Waals surface area (Å²) in [6.45, 7) is 2.94. The third-order valence-electron chi connectivity index (χ3n) is 5.92. The summed E-state index contributed by atoms with van der Waals surface area (Å²) in [6, 6.07) is 21.6. The highest BCUT2D eigenvalue weighted by Crippen LogP contribution is 2.39. The zero-order valence-corrected chi connectivity index (χ0v) is 21.1. The van der Waals surface area contributed by atoms with Crippen molar-refractivity contribution in [3.8, 4) is 5.75 Å². The van der Waals surface area contributed by atoms with Crippen LogP contribution in [0.5, 0.6) is 5.75 Å². The molecule has 1 aliphatic rings. The number of carbonyl (C=O) groups is 2. The lowest BCUT2D eigenvalue weighted by molar-refractivity contribution is -0.140. The smallest absolute Gasteiger partial charge is 0.295 e. The second kappa shape index (κ2) is 10.9. The fourth-order valence-corrected chi connectivity index (χ4v) is 4.27. The van der Waals surface area contributed by atoms with Gasteiger partial charge in [-0.2, -0.15) is 0 Å². The van der Waals surface area contributed by atoms with Crippen molar-refractivity contribution in [2.75, 3.05) is 20.3 Å². The van der Waals surface area contributed by atoms with Crippen LogP contribution in [-0.4, -0.2) is 42.0 Å². The molecule has 4 rings (SSSR count). The standard InChI is InChI=1S/C28H26BrNO5/c1-18-3-5-19(6-4-18)17-35-23-13-9-20(10-14-23)25-24(26(31)21-7-11-22(29)12-8-21)27(32)28(33)30(25)15-16-34-2/h3-14,25,31H,15-17H2,1-2H3/b26-24-. The first-order valence-corrected chi connectivity index (χ1v) is 12.0. The highest BCUT2D eigenvalue weighted by Gasteiger charge is 2.45. The fraction of sp³-hybridized carbons (Fsp3) is 0.214. The van der Waals surface area contributed by atoms with Gasteiger partial charge in [-0.05, 0) is 42.3 Å². The Balaban J connectivity index is 1.65. The van der Waals surface area contributed by atoms with E-state index in [0.717, 1.165) is 10.0 Å². The Hall–Kier alpha value is -3.42. The molecule has 1 N–H and O–H groups in total. The van der Waals surface area contributed by atoms with E-state index < -0.39 is 17.7 Å². The molecule has 1 saturated heterocycles. The van der Waals surface area contributed by atoms with Crippen LogP contribution < -0.4 is 4.74 Å². The second-order valence-corrected chi connectivity index (χ2v) is 9.25. The number of aliphatic hydroxyl groups is 1. The van der Waals surface area contributed by atoms with E-state index in [9.17, 15) is 14.7 Å². The molecule has 180 valence electrons. The van der Waals surface area contributed by atoms with E-state index >= 15 is 0 Å². The molecule has 35 heavy (non-hydrogen) atoms. The summed E-state index contributed by atoms with van der Waals surface area (Å²) in [6.07, 6.45) is 0. The number of ketones is 1. The molecular formula is C28H26BrNO5. The monoisotopic (exact) mass is 535 g/mol. The van der Waals surface area contributed by atoms with Crippen LogP contribution in [0.2, 0.25) is 0 Å². The summed E-state index contributed by atoms with van der Waals surface area (Å²) in [5, 5.41) is 11.1. The molecule has 1 aliphatic heterocycles. The number of methoxy groups -OCH3 is 1. The number of ether oxygens (including phenoxy) is 2. The van der Waals surface area contributed by atoms with Gasteiger partial charge in [-0.3, -0.25) is 9.59 Å². The van der Waals surface area contributed by atoms with Crippen LogP contribution in [0.3, 0.4) is 0 Å². The molecule has 1 unspecified atom stereocenters. The normalized spacial score (nSPS) is 17.1. The molecule has 1 fully saturated rings. The molecule has 0 saturated carbocycles. The van der Waals surface area contributed by atoms with Crippen LogP contribution in [0.4, 0.5) is 0 Å². The zero-order chi connectivity index (χ0) is 24.9. The Morgan fingerprint density at radius 2 is 1.63 bits per heavy atom. The van der Waals surface area contributed by atoms with Gasteiger partial charge in [0.15, 0.2) is 0 Å². The van der Waals surface area contributed by atoms with Gasteiger partial charge in [-0.15, -0.1) is 0 Å². The van der Waals surface area contributed by atoms with Crippen molar-refractivity contribution in [3.05, 3.63) is 105 Å². The molecule has 1 heterocycles. The molecule has 6 nitrogen and oxygen atoms in total. The van der Waals surface area contributed by atoms with E-state index in [1.54, 1.807) is 36.4 Å². The van der Waals surface area contributed by atoms with Gasteiger partial charge in [0.1, 0.15) is 18.1 Å². The van der Waals surface area contributed by atoms with E-state index in [4.69, 9.17) is 9.47 Å². The maximum Gasteiger partial charge on any atom is 0.295 e. The van der Waals surface area contributed by atoms with Gasteiger partial charge in [0.25, 0.3) is 11.7 Å². The van der Waals surface area contributed by atoms with E-state index in [1.807, 2.05) is 43.3 Å². The lowest BCUT2D eigenvalue weighted by atomic mass is 9.95. The predicted molar refractivity (Wildman–Crippen MR) is 137 cm³/mol. The van der Waals surface area contributed by atoms with Crippen molar-refractivity contribution in [1.29, 1.82) is 0 Å². The third-order valence-corrected chi connectivity index (χ3v) is 6.44. The van der Waals surface area contributed by atoms with Gasteiger partial charge >= 0.3 is 0 Å². The molecular weight excluding hydrogens is 510 g/mol. The Bertz CT molecular complexity index is 1230. The van der Waals surface area contributed by atoms with Gasteiger partial charge < -0.3 is 19.5 Å². The van der Waals surface area contributed by atoms with Crippen molar-refractivity contribution < 1.29 is 24.2 Å². The number of amides is 1. The first-order valence-electron chi connectivity index (χ1n) is 11.2. The number of benzene rings is 3. The number of halogens is 1. The predicted octanol–water partition coefficient (Wildman–Crippen LogP) is 5.40. The summed E-state index contributed by atoms with van der Waals surface area (Å²) in [4.78, 5) is 27.3. The van der Waals surface area contributed by atoms with E-state index in [2.05, 4.69) is 15.9 Å². The van der Waals surface area contributed by atoms with Crippen LogP contribution in [0.1, 0.15) is 28.3 Å². The van der Waals surface area contributed by atoms with Crippen LogP contribution in [0.15, 0.2) is 82.8 Å². The number of carbonyl (C=O) groups excluding carboxylic acids is 2. The van der Waals surface area contributed by atoms with Crippen molar-refractivity contribution in [2.24, 2.45) is 0 Å². The quantitative estimate of drug-likeness (QED) is 0.237. The Morgan fingerprint density at radius 3 is 2.26 bits per heavy atom. The number of aryl methyl sites for hydroxylation is 1. The Labute approximate surface area is 212 Å². The summed E-state index contributed by atoms with van der Waals surface area (Å²) in [5.74, 6) is -0.923. The number of nitrogens with zero attached hydrogens (tertiary/aromatic N) is 1. The first-order chi connectivity index (χ1) is 16.9. The highest BCUT2D eigenvalue weighted by atomic mass is 79.9. The van der Waals surface area contributed by atoms with Crippen LogP contribution in [-0.2, 0) is 20.9 Å². The third kappa shape index (κ3) is 5.47. The number of rotatable bonds is 8. The van der Waals surface area contributed by atoms with Gasteiger partial charge in [0.2, 0.25) is 0 Å². The number of likely N-dealkylation sites (tertiary alicyclic amines) is 1. The number of Topliss-reactive ketones (excluding diaryl/α,β-unsaturated/α-hetero) is 1. The zero-order valence-electron chi connectivity index (χ0n) is 19.5. The van der Waals surface area contributed by atoms with Crippen molar-refractivity contribution >= 4 is 33.4 Å². The average molecular weight is 536 g/mol. The molecule has 3 aromatic carbocycles. The van der Waals surface area contributed by atoms with Gasteiger partial charge in [0, 0.05) is 23.7 Å². The van der Waals surface area contributed by atoms with Crippen molar-refractivity contribution in [3.63, 3.8) is 0 Å². The molecule has 0 spiro atoms. The summed E-state index contributed by atoms with van der Waals surface area (Å²) >= 11 is 3.37. The van der Waals surface area contributed by atoms with E-state index in [0.29, 0.717) is 23.5 Å². The molecule has 7 heteroatoms. The van der Waals surface area contributed by atoms with Crippen molar-refractivity contribution in [1.82, 2.24) is 4.90 Å². The largest absolute Gasteiger partial charge is 0.507 e. The van der Waals surface area contributed by atoms with Crippen LogP contribution in [0, 0.1) is 6.92 Å². The Morgan fingerprint density at radius 1 is 0.971 bits per heavy atom. The van der Waals surface area contributed by atoms with Crippen molar-refractivity contribution in [2.45, 2.75) is 19.6 Å². The fourth-order valence-electron chi connectivity index (χ4n) is 4.01. The second-order valence-electron chi connectivity index (χ2n) is 8.34. The molecule has 1 atom stereocenters.